The third-order valence-electron chi connectivity index (χ3n) is 8.40. The Morgan fingerprint density at radius 1 is 1.02 bits per heavy atom. The molecule has 1 atom stereocenters. The average Bonchev–Trinajstić information content (AvgIpc) is 3.64. The van der Waals surface area contributed by atoms with Gasteiger partial charge in [0.2, 0.25) is 5.91 Å². The minimum Gasteiger partial charge on any atom is -0.493 e. The fourth-order valence-electron chi connectivity index (χ4n) is 6.92. The highest BCUT2D eigenvalue weighted by molar-refractivity contribution is 7.15. The number of hydrogen-bond acceptors (Lipinski definition) is 9. The highest BCUT2D eigenvalue weighted by atomic mass is 32.1. The van der Waals surface area contributed by atoms with Crippen LogP contribution in [0.25, 0.3) is 10.9 Å². The summed E-state index contributed by atoms with van der Waals surface area (Å²) in [6.07, 6.45) is 6.38. The first-order valence-electron chi connectivity index (χ1n) is 16.3. The van der Waals surface area contributed by atoms with Gasteiger partial charge in [0, 0.05) is 52.8 Å². The van der Waals surface area contributed by atoms with Crippen molar-refractivity contribution in [3.8, 4) is 11.5 Å². The third kappa shape index (κ3) is 8.57. The monoisotopic (exact) mass is 679 g/mol. The fourth-order valence-corrected chi connectivity index (χ4v) is 7.73. The van der Waals surface area contributed by atoms with E-state index in [1.165, 1.54) is 36.6 Å². The summed E-state index contributed by atoms with van der Waals surface area (Å²) in [5, 5.41) is 7.05. The summed E-state index contributed by atoms with van der Waals surface area (Å²) < 4.78 is 38.6. The first kappa shape index (κ1) is 35.4. The van der Waals surface area contributed by atoms with E-state index in [1.54, 1.807) is 19.2 Å². The van der Waals surface area contributed by atoms with Crippen LogP contribution < -0.4 is 20.1 Å². The van der Waals surface area contributed by atoms with Gasteiger partial charge in [0.15, 0.2) is 28.3 Å². The van der Waals surface area contributed by atoms with E-state index >= 15 is 0 Å². The second kappa shape index (κ2) is 14.7. The van der Waals surface area contributed by atoms with Crippen molar-refractivity contribution in [3.63, 3.8) is 0 Å². The highest BCUT2D eigenvalue weighted by Crippen LogP contribution is 2.48. The van der Waals surface area contributed by atoms with Crippen LogP contribution in [0.2, 0.25) is 0 Å². The van der Waals surface area contributed by atoms with Gasteiger partial charge in [-0.3, -0.25) is 9.69 Å². The number of amides is 1. The summed E-state index contributed by atoms with van der Waals surface area (Å²) in [6, 6.07) is 7.41. The maximum atomic E-state index is 13.5. The molecule has 5 rings (SSSR count). The zero-order valence-electron chi connectivity index (χ0n) is 28.7. The molecule has 0 bridgehead atoms. The number of thiazole rings is 1. The standard InChI is InChI=1S/C36H45F2N6O3S/c1-35(2,3)32(36(4,5)6)28-10-8-13-44(28)14-9-15-47-30-19-27-24(18-29(30)46-7)33(41-21-40-27)43-34-39-20-23(48-34)17-31(45)42-22-11-12-25(37)26(38)16-22/h11-12,16,18-21,28H,8-10,13-15,17H2,1-7H3,(H,42,45)(H,39,40,41,43)/t28-/m1/s1. The van der Waals surface area contributed by atoms with Crippen LogP contribution in [0.1, 0.15) is 65.7 Å². The van der Waals surface area contributed by atoms with Crippen LogP contribution in [-0.4, -0.2) is 58.6 Å². The van der Waals surface area contributed by atoms with Gasteiger partial charge in [-0.2, -0.15) is 0 Å². The molecule has 2 N–H and O–H groups in total. The number of likely N-dealkylation sites (tertiary alicyclic amines) is 1. The van der Waals surface area contributed by atoms with Gasteiger partial charge < -0.3 is 20.1 Å². The molecule has 9 nitrogen and oxygen atoms in total. The Hall–Kier alpha value is -3.90. The Morgan fingerprint density at radius 3 is 2.50 bits per heavy atom. The largest absolute Gasteiger partial charge is 0.493 e. The number of methoxy groups -OCH3 is 1. The lowest BCUT2D eigenvalue weighted by atomic mass is 9.63. The Morgan fingerprint density at radius 2 is 1.79 bits per heavy atom. The Bertz CT molecular complexity index is 1720. The van der Waals surface area contributed by atoms with E-state index in [0.29, 0.717) is 45.5 Å². The number of carbonyl (C=O) groups excluding carboxylic acids is 1. The molecule has 3 heterocycles. The van der Waals surface area contributed by atoms with Crippen LogP contribution in [0.4, 0.5) is 25.4 Å². The maximum absolute atomic E-state index is 13.5. The van der Waals surface area contributed by atoms with Crippen LogP contribution in [0.5, 0.6) is 11.5 Å². The van der Waals surface area contributed by atoms with E-state index in [0.717, 1.165) is 37.0 Å². The van der Waals surface area contributed by atoms with E-state index in [2.05, 4.69) is 72.0 Å². The Balaban J connectivity index is 1.20. The molecule has 1 radical (unpaired) electrons. The number of carbonyl (C=O) groups is 1. The number of aromatic nitrogens is 3. The first-order chi connectivity index (χ1) is 22.7. The van der Waals surface area contributed by atoms with Crippen molar-refractivity contribution in [2.75, 3.05) is 37.4 Å². The third-order valence-corrected chi connectivity index (χ3v) is 9.31. The predicted molar refractivity (Wildman–Crippen MR) is 187 cm³/mol. The van der Waals surface area contributed by atoms with E-state index in [9.17, 15) is 13.6 Å². The molecule has 257 valence electrons. The number of anilines is 3. The van der Waals surface area contributed by atoms with Crippen molar-refractivity contribution in [1.29, 1.82) is 0 Å². The molecule has 0 aliphatic carbocycles. The normalized spacial score (nSPS) is 15.7. The van der Waals surface area contributed by atoms with Crippen LogP contribution >= 0.6 is 11.3 Å². The summed E-state index contributed by atoms with van der Waals surface area (Å²) in [5.74, 6) is 0.961. The molecule has 1 aliphatic heterocycles. The van der Waals surface area contributed by atoms with E-state index in [-0.39, 0.29) is 28.8 Å². The maximum Gasteiger partial charge on any atom is 0.229 e. The van der Waals surface area contributed by atoms with Gasteiger partial charge in [0.05, 0.1) is 25.7 Å². The molecule has 0 unspecified atom stereocenters. The zero-order chi connectivity index (χ0) is 34.6. The van der Waals surface area contributed by atoms with Crippen LogP contribution in [0.15, 0.2) is 42.9 Å². The van der Waals surface area contributed by atoms with Crippen LogP contribution in [0, 0.1) is 28.4 Å². The minimum atomic E-state index is -1.03. The number of nitrogens with zero attached hydrogens (tertiary/aromatic N) is 4. The summed E-state index contributed by atoms with van der Waals surface area (Å²) in [5.41, 5.74) is 1.14. The number of ether oxygens (including phenoxy) is 2. The number of fused-ring (bicyclic) bond motifs is 1. The Labute approximate surface area is 285 Å². The molecule has 2 aromatic heterocycles. The van der Waals surface area contributed by atoms with Gasteiger partial charge in [-0.1, -0.05) is 41.5 Å². The summed E-state index contributed by atoms with van der Waals surface area (Å²) in [6.45, 7) is 16.6. The lowest BCUT2D eigenvalue weighted by Crippen LogP contribution is -2.46. The fraction of sp³-hybridized carbons (Fsp3) is 0.472. The van der Waals surface area contributed by atoms with E-state index in [1.807, 2.05) is 12.1 Å². The topological polar surface area (TPSA) is 102 Å². The van der Waals surface area contributed by atoms with Gasteiger partial charge in [-0.15, -0.1) is 11.3 Å². The van der Waals surface area contributed by atoms with Crippen molar-refractivity contribution in [1.82, 2.24) is 19.9 Å². The molecule has 1 saturated heterocycles. The number of rotatable bonds is 12. The van der Waals surface area contributed by atoms with Crippen molar-refractivity contribution in [2.24, 2.45) is 10.8 Å². The number of halogens is 2. The van der Waals surface area contributed by atoms with Crippen LogP contribution in [-0.2, 0) is 11.2 Å². The molecule has 4 aromatic rings. The van der Waals surface area contributed by atoms with Crippen molar-refractivity contribution < 1.29 is 23.0 Å². The minimum absolute atomic E-state index is 0.0163. The van der Waals surface area contributed by atoms with Gasteiger partial charge in [0.25, 0.3) is 0 Å². The van der Waals surface area contributed by atoms with Gasteiger partial charge >= 0.3 is 0 Å². The van der Waals surface area contributed by atoms with E-state index < -0.39 is 11.6 Å². The second-order valence-electron chi connectivity index (χ2n) is 14.2. The van der Waals surface area contributed by atoms with Gasteiger partial charge in [0.1, 0.15) is 12.1 Å². The number of benzene rings is 2. The van der Waals surface area contributed by atoms with Crippen molar-refractivity contribution in [2.45, 2.75) is 73.3 Å². The molecule has 2 aromatic carbocycles. The van der Waals surface area contributed by atoms with Gasteiger partial charge in [-0.05, 0) is 54.8 Å². The van der Waals surface area contributed by atoms with Crippen molar-refractivity contribution >= 4 is 44.8 Å². The average molecular weight is 680 g/mol. The smallest absolute Gasteiger partial charge is 0.229 e. The SMILES string of the molecule is COc1cc2c(Nc3ncc(CC(=O)Nc4ccc(F)c(F)c4)s3)ncnc2cc1OCCCN1CCC[C@@H]1[C](C(C)(C)C)C(C)(C)C. The predicted octanol–water partition coefficient (Wildman–Crippen LogP) is 8.20. The van der Waals surface area contributed by atoms with Crippen LogP contribution in [0.3, 0.4) is 0 Å². The van der Waals surface area contributed by atoms with E-state index in [4.69, 9.17) is 9.47 Å². The Kier molecular flexibility index (Phi) is 10.8. The number of hydrogen-bond donors (Lipinski definition) is 2. The molecule has 0 saturated carbocycles. The summed E-state index contributed by atoms with van der Waals surface area (Å²) >= 11 is 1.28. The zero-order valence-corrected chi connectivity index (χ0v) is 29.6. The quantitative estimate of drug-likeness (QED) is 0.145. The summed E-state index contributed by atoms with van der Waals surface area (Å²) in [4.78, 5) is 29.0. The first-order valence-corrected chi connectivity index (χ1v) is 17.1. The molecular weight excluding hydrogens is 634 g/mol. The molecule has 1 amide bonds. The lowest BCUT2D eigenvalue weighted by Gasteiger charge is -2.46. The van der Waals surface area contributed by atoms with Crippen molar-refractivity contribution in [3.05, 3.63) is 65.3 Å². The summed E-state index contributed by atoms with van der Waals surface area (Å²) in [7, 11) is 1.61. The molecule has 1 fully saturated rings. The molecule has 0 spiro atoms. The lowest BCUT2D eigenvalue weighted by molar-refractivity contribution is -0.115. The molecule has 12 heteroatoms. The van der Waals surface area contributed by atoms with Gasteiger partial charge in [-0.25, -0.2) is 23.7 Å². The highest BCUT2D eigenvalue weighted by Gasteiger charge is 2.44. The number of nitrogens with one attached hydrogen (secondary N) is 2. The molecule has 48 heavy (non-hydrogen) atoms. The second-order valence-corrected chi connectivity index (χ2v) is 15.3. The molecule has 1 aliphatic rings. The molecular formula is C36H45F2N6O3S.